The van der Waals surface area contributed by atoms with E-state index < -0.39 is 0 Å². The minimum Gasteiger partial charge on any atom is -0.372 e. The zero-order valence-corrected chi connectivity index (χ0v) is 21.2. The number of benzene rings is 3. The summed E-state index contributed by atoms with van der Waals surface area (Å²) < 4.78 is 0. The molecule has 9 heteroatoms. The van der Waals surface area contributed by atoms with Crippen molar-refractivity contribution in [3.05, 3.63) is 90.8 Å². The fourth-order valence-electron chi connectivity index (χ4n) is 4.05. The van der Waals surface area contributed by atoms with Crippen LogP contribution in [0.15, 0.2) is 90.1 Å². The predicted octanol–water partition coefficient (Wildman–Crippen LogP) is 5.33. The number of hydrogen-bond acceptors (Lipinski definition) is 6. The molecule has 5 aromatic rings. The smallest absolute Gasteiger partial charge is 0.204 e. The average molecular weight is 513 g/mol. The highest BCUT2D eigenvalue weighted by Gasteiger charge is 2.12. The molecule has 0 unspecified atom stereocenters. The fourth-order valence-corrected chi connectivity index (χ4v) is 4.82. The molecule has 0 bridgehead atoms. The zero-order chi connectivity index (χ0) is 26.0. The Labute approximate surface area is 219 Å². The normalized spacial score (nSPS) is 10.4. The summed E-state index contributed by atoms with van der Waals surface area (Å²) >= 11 is 1.55. The minimum atomic E-state index is 0.250. The summed E-state index contributed by atoms with van der Waals surface area (Å²) in [6.07, 6.45) is 4.94. The van der Waals surface area contributed by atoms with Crippen molar-refractivity contribution < 1.29 is 9.59 Å². The highest BCUT2D eigenvalue weighted by atomic mass is 32.2. The van der Waals surface area contributed by atoms with Crippen LogP contribution in [0.2, 0.25) is 0 Å². The Hall–Kier alpha value is -4.50. The van der Waals surface area contributed by atoms with Crippen LogP contribution in [0.25, 0.3) is 22.2 Å². The molecule has 0 saturated carbocycles. The maximum atomic E-state index is 11.0. The Bertz CT molecular complexity index is 1450. The van der Waals surface area contributed by atoms with Gasteiger partial charge in [-0.25, -0.2) is 0 Å². The van der Waals surface area contributed by atoms with Gasteiger partial charge in [-0.1, -0.05) is 36.4 Å². The summed E-state index contributed by atoms with van der Waals surface area (Å²) in [6.45, 7) is 0.777. The number of fused-ring (bicyclic) bond motifs is 1. The van der Waals surface area contributed by atoms with Crippen molar-refractivity contribution in [2.24, 2.45) is 5.73 Å². The number of anilines is 3. The molecule has 188 valence electrons. The summed E-state index contributed by atoms with van der Waals surface area (Å²) in [7, 11) is 2.08. The summed E-state index contributed by atoms with van der Waals surface area (Å²) in [6, 6.07) is 24.9. The highest BCUT2D eigenvalue weighted by Crippen LogP contribution is 2.35. The van der Waals surface area contributed by atoms with Crippen molar-refractivity contribution in [2.45, 2.75) is 11.4 Å². The lowest BCUT2D eigenvalue weighted by Gasteiger charge is -2.23. The fraction of sp³-hybridized carbons (Fsp3) is 0.107. The molecular weight excluding hydrogens is 484 g/mol. The van der Waals surface area contributed by atoms with Crippen molar-refractivity contribution in [1.29, 1.82) is 0 Å². The molecule has 5 rings (SSSR count). The van der Waals surface area contributed by atoms with E-state index in [1.54, 1.807) is 18.0 Å². The Kier molecular flexibility index (Phi) is 8.62. The third-order valence-electron chi connectivity index (χ3n) is 5.71. The largest absolute Gasteiger partial charge is 0.372 e. The molecule has 0 spiro atoms. The number of primary amides is 1. The van der Waals surface area contributed by atoms with Gasteiger partial charge in [0.2, 0.25) is 6.41 Å². The van der Waals surface area contributed by atoms with Gasteiger partial charge in [-0.15, -0.1) is 11.8 Å². The number of nitrogens with one attached hydrogen (secondary N) is 3. The van der Waals surface area contributed by atoms with Crippen molar-refractivity contribution in [3.63, 3.8) is 0 Å². The van der Waals surface area contributed by atoms with Gasteiger partial charge in [-0.05, 0) is 42.0 Å². The molecule has 0 aliphatic heterocycles. The lowest BCUT2D eigenvalue weighted by Crippen LogP contribution is -2.17. The summed E-state index contributed by atoms with van der Waals surface area (Å²) in [5, 5.41) is 11.8. The van der Waals surface area contributed by atoms with E-state index in [0.29, 0.717) is 5.75 Å². The molecular formula is C28H28N6O2S. The number of rotatable bonds is 9. The Morgan fingerprint density at radius 2 is 1.86 bits per heavy atom. The van der Waals surface area contributed by atoms with Crippen LogP contribution in [0.5, 0.6) is 0 Å². The minimum absolute atomic E-state index is 0.250. The number of hydrogen-bond donors (Lipinski definition) is 4. The van der Waals surface area contributed by atoms with Crippen LogP contribution in [0, 0.1) is 0 Å². The monoisotopic (exact) mass is 512 g/mol. The van der Waals surface area contributed by atoms with E-state index in [1.165, 1.54) is 5.56 Å². The topological polar surface area (TPSA) is 120 Å². The molecule has 2 heterocycles. The highest BCUT2D eigenvalue weighted by molar-refractivity contribution is 8.00. The van der Waals surface area contributed by atoms with E-state index in [2.05, 4.69) is 98.8 Å². The number of aromatic amines is 2. The van der Waals surface area contributed by atoms with Crippen LogP contribution >= 0.6 is 11.8 Å². The Morgan fingerprint density at radius 3 is 2.59 bits per heavy atom. The molecule has 1 amide bonds. The van der Waals surface area contributed by atoms with Crippen molar-refractivity contribution in [2.75, 3.05) is 23.0 Å². The van der Waals surface area contributed by atoms with Gasteiger partial charge in [0.1, 0.15) is 6.29 Å². The number of carbonyl (C=O) groups excluding carboxylic acids is 2. The van der Waals surface area contributed by atoms with Crippen LogP contribution in [0.1, 0.15) is 5.56 Å². The second-order valence-electron chi connectivity index (χ2n) is 8.20. The molecule has 0 aliphatic carbocycles. The predicted molar refractivity (Wildman–Crippen MR) is 151 cm³/mol. The third kappa shape index (κ3) is 6.39. The van der Waals surface area contributed by atoms with Crippen LogP contribution < -0.4 is 16.0 Å². The molecule has 0 aliphatic rings. The van der Waals surface area contributed by atoms with E-state index in [4.69, 9.17) is 4.79 Å². The first-order valence-corrected chi connectivity index (χ1v) is 12.6. The molecule has 5 N–H and O–H groups in total. The van der Waals surface area contributed by atoms with E-state index >= 15 is 0 Å². The number of nitrogens with two attached hydrogens (primary N) is 1. The van der Waals surface area contributed by atoms with Gasteiger partial charge in [0.25, 0.3) is 0 Å². The van der Waals surface area contributed by atoms with Gasteiger partial charge in [0.05, 0.1) is 22.8 Å². The molecule has 8 nitrogen and oxygen atoms in total. The van der Waals surface area contributed by atoms with Crippen molar-refractivity contribution in [1.82, 2.24) is 15.2 Å². The standard InChI is InChI=1S/C27H25N5OS.CH3NO/c1-32(18-19-5-3-2-4-6-19)26-16-21(8-10-27(26)34-14-13-33)30-25-17-28-24-9-7-20(15-22(24)25)23-11-12-29-31-23;2-1-3/h2-13,15-17,28,30H,14,18H2,1H3,(H,29,31);1H,(H2,2,3). The van der Waals surface area contributed by atoms with Gasteiger partial charge < -0.3 is 25.7 Å². The number of aromatic nitrogens is 3. The van der Waals surface area contributed by atoms with Crippen molar-refractivity contribution >= 4 is 52.4 Å². The Morgan fingerprint density at radius 1 is 1.05 bits per heavy atom. The van der Waals surface area contributed by atoms with E-state index in [9.17, 15) is 4.79 Å². The first kappa shape index (κ1) is 25.6. The average Bonchev–Trinajstić information content (AvgIpc) is 3.59. The number of carbonyl (C=O) groups is 2. The van der Waals surface area contributed by atoms with E-state index in [1.807, 2.05) is 18.3 Å². The van der Waals surface area contributed by atoms with Gasteiger partial charge in [0.15, 0.2) is 0 Å². The number of nitrogens with zero attached hydrogens (tertiary/aromatic N) is 2. The summed E-state index contributed by atoms with van der Waals surface area (Å²) in [5.41, 5.74) is 11.6. The molecule has 0 radical (unpaired) electrons. The summed E-state index contributed by atoms with van der Waals surface area (Å²) in [4.78, 5) is 26.2. The first-order valence-electron chi connectivity index (χ1n) is 11.6. The van der Waals surface area contributed by atoms with Gasteiger partial charge in [-0.3, -0.25) is 9.89 Å². The number of amides is 1. The molecule has 0 saturated heterocycles. The summed E-state index contributed by atoms with van der Waals surface area (Å²) in [5.74, 6) is 0.428. The molecule has 37 heavy (non-hydrogen) atoms. The Balaban J connectivity index is 0.00000102. The molecule has 0 fully saturated rings. The van der Waals surface area contributed by atoms with Crippen LogP contribution in [0.3, 0.4) is 0 Å². The SMILES string of the molecule is CN(Cc1ccccc1)c1cc(Nc2c[nH]c3ccc(-c4ccn[nH]4)cc23)ccc1SCC=O.NC=O. The maximum absolute atomic E-state index is 11.0. The van der Waals surface area contributed by atoms with Gasteiger partial charge in [-0.2, -0.15) is 5.10 Å². The van der Waals surface area contributed by atoms with Gasteiger partial charge >= 0.3 is 0 Å². The molecule has 2 aromatic heterocycles. The lowest BCUT2D eigenvalue weighted by molar-refractivity contribution is -0.107. The number of H-pyrrole nitrogens is 2. The molecule has 0 atom stereocenters. The van der Waals surface area contributed by atoms with Gasteiger partial charge in [0, 0.05) is 53.0 Å². The first-order chi connectivity index (χ1) is 18.1. The zero-order valence-electron chi connectivity index (χ0n) is 20.3. The lowest BCUT2D eigenvalue weighted by atomic mass is 10.1. The second-order valence-corrected chi connectivity index (χ2v) is 9.26. The van der Waals surface area contributed by atoms with E-state index in [-0.39, 0.29) is 6.41 Å². The maximum Gasteiger partial charge on any atom is 0.204 e. The van der Waals surface area contributed by atoms with E-state index in [0.717, 1.165) is 56.9 Å². The molecule has 3 aromatic carbocycles. The quantitative estimate of drug-likeness (QED) is 0.157. The number of thioether (sulfide) groups is 1. The third-order valence-corrected chi connectivity index (χ3v) is 6.67. The van der Waals surface area contributed by atoms with Crippen LogP contribution in [-0.4, -0.2) is 40.7 Å². The second kappa shape index (κ2) is 12.5. The van der Waals surface area contributed by atoms with Crippen LogP contribution in [-0.2, 0) is 16.1 Å². The number of aldehydes is 1. The van der Waals surface area contributed by atoms with Crippen LogP contribution in [0.4, 0.5) is 17.1 Å². The van der Waals surface area contributed by atoms with Crippen molar-refractivity contribution in [3.8, 4) is 11.3 Å².